The molecule has 1 saturated carbocycles. The molecule has 0 N–H and O–H groups in total. The van der Waals surface area contributed by atoms with Gasteiger partial charge in [0.25, 0.3) is 0 Å². The lowest BCUT2D eigenvalue weighted by molar-refractivity contribution is -0.175. The molecule has 1 aliphatic heterocycles. The van der Waals surface area contributed by atoms with Crippen molar-refractivity contribution in [3.05, 3.63) is 29.3 Å². The summed E-state index contributed by atoms with van der Waals surface area (Å²) in [5, 5.41) is 0. The molecule has 1 saturated heterocycles. The van der Waals surface area contributed by atoms with Crippen LogP contribution in [0.3, 0.4) is 0 Å². The smallest absolute Gasteiger partial charge is 0.200 e. The van der Waals surface area contributed by atoms with Crippen LogP contribution in [0.2, 0.25) is 0 Å². The highest BCUT2D eigenvalue weighted by atomic mass is 19.2. The summed E-state index contributed by atoms with van der Waals surface area (Å²) in [5.41, 5.74) is 0.374. The van der Waals surface area contributed by atoms with Gasteiger partial charge in [0.2, 0.25) is 5.82 Å². The van der Waals surface area contributed by atoms with E-state index in [1.54, 1.807) is 6.07 Å². The molecule has 0 amide bonds. The van der Waals surface area contributed by atoms with Crippen molar-refractivity contribution in [3.63, 3.8) is 0 Å². The van der Waals surface area contributed by atoms with Crippen LogP contribution in [-0.4, -0.2) is 26.1 Å². The van der Waals surface area contributed by atoms with E-state index in [-0.39, 0.29) is 18.0 Å². The largest absolute Gasteiger partial charge is 0.490 e. The van der Waals surface area contributed by atoms with Crippen molar-refractivity contribution in [1.29, 1.82) is 0 Å². The van der Waals surface area contributed by atoms with E-state index < -0.39 is 11.6 Å². The van der Waals surface area contributed by atoms with Crippen LogP contribution >= 0.6 is 0 Å². The Bertz CT molecular complexity index is 621. The molecule has 164 valence electrons. The van der Waals surface area contributed by atoms with E-state index in [9.17, 15) is 8.78 Å². The van der Waals surface area contributed by atoms with Crippen LogP contribution in [0.15, 0.2) is 12.1 Å². The summed E-state index contributed by atoms with van der Waals surface area (Å²) >= 11 is 0. The van der Waals surface area contributed by atoms with E-state index in [2.05, 4.69) is 6.92 Å². The molecule has 0 aromatic heterocycles. The Morgan fingerprint density at radius 3 is 2.34 bits per heavy atom. The number of ether oxygens (including phenoxy) is 3. The van der Waals surface area contributed by atoms with Crippen LogP contribution < -0.4 is 4.74 Å². The van der Waals surface area contributed by atoms with Crippen LogP contribution in [-0.2, 0) is 9.47 Å². The number of hydrogen-bond acceptors (Lipinski definition) is 3. The first-order chi connectivity index (χ1) is 14.1. The van der Waals surface area contributed by atoms with Crippen molar-refractivity contribution in [2.75, 3.05) is 19.8 Å². The maximum Gasteiger partial charge on any atom is 0.200 e. The second kappa shape index (κ2) is 11.3. The molecule has 0 spiro atoms. The molecule has 0 bridgehead atoms. The van der Waals surface area contributed by atoms with Gasteiger partial charge in [0, 0.05) is 5.92 Å². The average molecular weight is 411 g/mol. The molecule has 1 heterocycles. The van der Waals surface area contributed by atoms with Crippen molar-refractivity contribution in [1.82, 2.24) is 0 Å². The minimum absolute atomic E-state index is 0.0142. The second-order valence-corrected chi connectivity index (χ2v) is 8.68. The number of benzene rings is 1. The Labute approximate surface area is 174 Å². The number of halogens is 2. The highest BCUT2D eigenvalue weighted by Gasteiger charge is 2.29. The fraction of sp³-hybridized carbons (Fsp3) is 0.750. The van der Waals surface area contributed by atoms with Gasteiger partial charge in [-0.1, -0.05) is 45.6 Å². The van der Waals surface area contributed by atoms with Gasteiger partial charge in [-0.15, -0.1) is 0 Å². The Morgan fingerprint density at radius 1 is 0.931 bits per heavy atom. The van der Waals surface area contributed by atoms with Gasteiger partial charge in [0.15, 0.2) is 17.9 Å². The highest BCUT2D eigenvalue weighted by molar-refractivity contribution is 5.33. The van der Waals surface area contributed by atoms with Crippen LogP contribution in [0.1, 0.15) is 83.1 Å². The number of hydrogen-bond donors (Lipinski definition) is 0. The van der Waals surface area contributed by atoms with Crippen molar-refractivity contribution in [2.45, 2.75) is 83.8 Å². The van der Waals surface area contributed by atoms with E-state index in [1.165, 1.54) is 44.6 Å². The quantitative estimate of drug-likeness (QED) is 0.459. The maximum atomic E-state index is 14.5. The molecular formula is C24H36F2O3. The van der Waals surface area contributed by atoms with Crippen LogP contribution in [0.5, 0.6) is 5.75 Å². The molecule has 3 rings (SSSR count). The topological polar surface area (TPSA) is 27.7 Å². The Kier molecular flexibility index (Phi) is 8.73. The van der Waals surface area contributed by atoms with Gasteiger partial charge in [-0.2, -0.15) is 4.39 Å². The fourth-order valence-corrected chi connectivity index (χ4v) is 4.63. The Balaban J connectivity index is 1.43. The first-order valence-corrected chi connectivity index (χ1v) is 11.5. The third kappa shape index (κ3) is 6.14. The van der Waals surface area contributed by atoms with Gasteiger partial charge in [-0.25, -0.2) is 4.39 Å². The van der Waals surface area contributed by atoms with E-state index in [0.29, 0.717) is 31.1 Å². The van der Waals surface area contributed by atoms with E-state index in [4.69, 9.17) is 14.2 Å². The molecule has 29 heavy (non-hydrogen) atoms. The third-order valence-corrected chi connectivity index (χ3v) is 6.39. The molecule has 2 fully saturated rings. The summed E-state index contributed by atoms with van der Waals surface area (Å²) in [4.78, 5) is 0. The molecule has 1 aromatic carbocycles. The Hall–Kier alpha value is -1.20. The Morgan fingerprint density at radius 2 is 1.69 bits per heavy atom. The molecule has 1 aromatic rings. The van der Waals surface area contributed by atoms with Gasteiger partial charge in [-0.3, -0.25) is 0 Å². The van der Waals surface area contributed by atoms with E-state index in [1.807, 2.05) is 6.92 Å². The van der Waals surface area contributed by atoms with Gasteiger partial charge >= 0.3 is 0 Å². The zero-order valence-corrected chi connectivity index (χ0v) is 17.9. The van der Waals surface area contributed by atoms with Gasteiger partial charge in [0.05, 0.1) is 19.8 Å². The summed E-state index contributed by atoms with van der Waals surface area (Å²) in [7, 11) is 0. The van der Waals surface area contributed by atoms with Crippen molar-refractivity contribution >= 4 is 0 Å². The molecular weight excluding hydrogens is 374 g/mol. The predicted molar refractivity (Wildman–Crippen MR) is 110 cm³/mol. The SMILES string of the molecule is CCCOc1ccc(C2CCC(OCC3CCC(CCC)CC3)OC2)c(F)c1F. The van der Waals surface area contributed by atoms with Gasteiger partial charge < -0.3 is 14.2 Å². The first kappa shape index (κ1) is 22.5. The zero-order chi connectivity index (χ0) is 20.6. The normalized spacial score (nSPS) is 27.7. The van der Waals surface area contributed by atoms with Crippen molar-refractivity contribution in [2.24, 2.45) is 11.8 Å². The molecule has 3 nitrogen and oxygen atoms in total. The van der Waals surface area contributed by atoms with E-state index in [0.717, 1.165) is 25.4 Å². The summed E-state index contributed by atoms with van der Waals surface area (Å²) in [6.45, 7) is 5.68. The first-order valence-electron chi connectivity index (χ1n) is 11.5. The molecule has 0 radical (unpaired) electrons. The predicted octanol–water partition coefficient (Wildman–Crippen LogP) is 6.60. The summed E-state index contributed by atoms with van der Waals surface area (Å²) in [6, 6.07) is 3.16. The van der Waals surface area contributed by atoms with Crippen LogP contribution in [0.4, 0.5) is 8.78 Å². The average Bonchev–Trinajstić information content (AvgIpc) is 2.75. The molecule has 5 heteroatoms. The van der Waals surface area contributed by atoms with Gasteiger partial charge in [0.1, 0.15) is 0 Å². The lowest BCUT2D eigenvalue weighted by atomic mass is 9.80. The van der Waals surface area contributed by atoms with Gasteiger partial charge in [-0.05, 0) is 55.6 Å². The number of rotatable bonds is 9. The third-order valence-electron chi connectivity index (χ3n) is 6.39. The standard InChI is InChI=1S/C24H36F2O3/c1-3-5-17-6-8-18(9-7-17)15-28-22-13-10-19(16-29-22)20-11-12-21(27-14-4-2)24(26)23(20)25/h11-12,17-19,22H,3-10,13-16H2,1-2H3. The second-order valence-electron chi connectivity index (χ2n) is 8.68. The molecule has 2 atom stereocenters. The minimum atomic E-state index is -0.895. The lowest BCUT2D eigenvalue weighted by Gasteiger charge is -2.32. The summed E-state index contributed by atoms with van der Waals surface area (Å²) < 4.78 is 45.9. The van der Waals surface area contributed by atoms with Crippen molar-refractivity contribution < 1.29 is 23.0 Å². The highest BCUT2D eigenvalue weighted by Crippen LogP contribution is 2.35. The summed E-state index contributed by atoms with van der Waals surface area (Å²) in [5.74, 6) is -0.333. The lowest BCUT2D eigenvalue weighted by Crippen LogP contribution is -2.30. The fourth-order valence-electron chi connectivity index (χ4n) is 4.63. The van der Waals surface area contributed by atoms with Crippen LogP contribution in [0, 0.1) is 23.5 Å². The van der Waals surface area contributed by atoms with Crippen LogP contribution in [0.25, 0.3) is 0 Å². The van der Waals surface area contributed by atoms with Crippen molar-refractivity contribution in [3.8, 4) is 5.75 Å². The molecule has 1 aliphatic carbocycles. The van der Waals surface area contributed by atoms with E-state index >= 15 is 0 Å². The maximum absolute atomic E-state index is 14.5. The molecule has 2 aliphatic rings. The molecule has 2 unspecified atom stereocenters. The summed E-state index contributed by atoms with van der Waals surface area (Å²) in [6.07, 6.45) is 9.74. The zero-order valence-electron chi connectivity index (χ0n) is 17.9. The minimum Gasteiger partial charge on any atom is -0.490 e. The monoisotopic (exact) mass is 410 g/mol.